The van der Waals surface area contributed by atoms with Gasteiger partial charge in [-0.25, -0.2) is 4.39 Å². The van der Waals surface area contributed by atoms with Gasteiger partial charge in [0.25, 0.3) is 0 Å². The normalized spacial score (nSPS) is 15.9. The second-order valence-corrected chi connectivity index (χ2v) is 7.24. The number of amides is 1. The molecule has 0 aliphatic carbocycles. The topological polar surface area (TPSA) is 32.3 Å². The van der Waals surface area contributed by atoms with Gasteiger partial charge in [-0.05, 0) is 38.0 Å². The van der Waals surface area contributed by atoms with Gasteiger partial charge in [-0.2, -0.15) is 0 Å². The molecule has 1 fully saturated rings. The molecule has 2 rings (SSSR count). The van der Waals surface area contributed by atoms with Crippen LogP contribution in [0.25, 0.3) is 0 Å². The van der Waals surface area contributed by atoms with Crippen molar-refractivity contribution in [2.24, 2.45) is 0 Å². The summed E-state index contributed by atoms with van der Waals surface area (Å²) in [7, 11) is 0. The Hall–Kier alpha value is -0.850. The molecule has 0 spiro atoms. The first-order valence-electron chi connectivity index (χ1n) is 6.69. The molecular formula is C14H16ClFN2OS2. The maximum atomic E-state index is 13.6. The van der Waals surface area contributed by atoms with Crippen LogP contribution in [0.5, 0.6) is 0 Å². The third kappa shape index (κ3) is 4.56. The molecule has 21 heavy (non-hydrogen) atoms. The summed E-state index contributed by atoms with van der Waals surface area (Å²) in [5.74, 6) is -0.821. The molecule has 1 aliphatic rings. The highest BCUT2D eigenvalue weighted by atomic mass is 35.5. The fourth-order valence-electron chi connectivity index (χ4n) is 2.00. The van der Waals surface area contributed by atoms with Gasteiger partial charge >= 0.3 is 0 Å². The van der Waals surface area contributed by atoms with E-state index in [0.29, 0.717) is 5.02 Å². The Balaban J connectivity index is 1.91. The van der Waals surface area contributed by atoms with Crippen LogP contribution in [0, 0.1) is 5.82 Å². The van der Waals surface area contributed by atoms with Crippen LogP contribution in [0.1, 0.15) is 19.8 Å². The quantitative estimate of drug-likeness (QED) is 0.841. The number of nitrogens with zero attached hydrogens (tertiary/aromatic N) is 1. The molecule has 0 saturated carbocycles. The van der Waals surface area contributed by atoms with E-state index in [-0.39, 0.29) is 16.8 Å². The molecule has 1 aromatic carbocycles. The van der Waals surface area contributed by atoms with E-state index in [4.69, 9.17) is 23.8 Å². The number of hydrogen-bond donors (Lipinski definition) is 1. The molecular weight excluding hydrogens is 331 g/mol. The maximum absolute atomic E-state index is 13.6. The monoisotopic (exact) mass is 346 g/mol. The zero-order chi connectivity index (χ0) is 15.4. The third-order valence-corrected chi connectivity index (χ3v) is 5.01. The average Bonchev–Trinajstić information content (AvgIpc) is 2.95. The van der Waals surface area contributed by atoms with Gasteiger partial charge in [-0.1, -0.05) is 35.6 Å². The van der Waals surface area contributed by atoms with Gasteiger partial charge in [0.2, 0.25) is 5.91 Å². The molecule has 1 atom stereocenters. The number of carbonyl (C=O) groups excluding carboxylic acids is 1. The van der Waals surface area contributed by atoms with Crippen LogP contribution in [0.3, 0.4) is 0 Å². The summed E-state index contributed by atoms with van der Waals surface area (Å²) in [6.07, 6.45) is 2.27. The van der Waals surface area contributed by atoms with E-state index in [0.717, 1.165) is 30.3 Å². The smallest absolute Gasteiger partial charge is 0.237 e. The van der Waals surface area contributed by atoms with E-state index in [1.165, 1.54) is 30.0 Å². The van der Waals surface area contributed by atoms with Crippen molar-refractivity contribution in [2.75, 3.05) is 18.4 Å². The number of anilines is 1. The Morgan fingerprint density at radius 2 is 2.14 bits per heavy atom. The maximum Gasteiger partial charge on any atom is 0.237 e. The van der Waals surface area contributed by atoms with Crippen molar-refractivity contribution in [1.29, 1.82) is 0 Å². The first-order chi connectivity index (χ1) is 9.97. The van der Waals surface area contributed by atoms with Crippen LogP contribution in [-0.4, -0.2) is 33.5 Å². The summed E-state index contributed by atoms with van der Waals surface area (Å²) in [5, 5.41) is 2.47. The minimum Gasteiger partial charge on any atom is -0.358 e. The first-order valence-corrected chi connectivity index (χ1v) is 8.35. The van der Waals surface area contributed by atoms with Crippen LogP contribution >= 0.6 is 35.6 Å². The zero-order valence-electron chi connectivity index (χ0n) is 11.6. The van der Waals surface area contributed by atoms with E-state index in [1.54, 1.807) is 6.92 Å². The van der Waals surface area contributed by atoms with Gasteiger partial charge in [0.1, 0.15) is 10.1 Å². The average molecular weight is 347 g/mol. The fourth-order valence-corrected chi connectivity index (χ4v) is 3.58. The molecule has 0 bridgehead atoms. The highest BCUT2D eigenvalue weighted by Gasteiger charge is 2.22. The molecule has 0 aromatic heterocycles. The molecule has 1 N–H and O–H groups in total. The number of carbonyl (C=O) groups is 1. The summed E-state index contributed by atoms with van der Waals surface area (Å²) in [6.45, 7) is 3.66. The standard InChI is InChI=1S/C14H16ClFN2OS2/c1-9(21-14(20)18-6-2-3-7-18)13(19)17-12-5-4-10(15)8-11(12)16/h4-5,8-9H,2-3,6-7H2,1H3,(H,17,19)/t9-/m0/s1. The lowest BCUT2D eigenvalue weighted by Crippen LogP contribution is -2.29. The lowest BCUT2D eigenvalue weighted by molar-refractivity contribution is -0.115. The Morgan fingerprint density at radius 3 is 2.76 bits per heavy atom. The van der Waals surface area contributed by atoms with Crippen LogP contribution in [0.15, 0.2) is 18.2 Å². The molecule has 0 unspecified atom stereocenters. The summed E-state index contributed by atoms with van der Waals surface area (Å²) in [6, 6.07) is 4.16. The van der Waals surface area contributed by atoms with E-state index in [1.807, 2.05) is 0 Å². The van der Waals surface area contributed by atoms with Crippen molar-refractivity contribution in [3.63, 3.8) is 0 Å². The molecule has 1 heterocycles. The number of nitrogens with one attached hydrogen (secondary N) is 1. The van der Waals surface area contributed by atoms with E-state index < -0.39 is 5.82 Å². The van der Waals surface area contributed by atoms with Gasteiger partial charge < -0.3 is 10.2 Å². The lowest BCUT2D eigenvalue weighted by Gasteiger charge is -2.20. The summed E-state index contributed by atoms with van der Waals surface area (Å²) < 4.78 is 14.4. The van der Waals surface area contributed by atoms with Crippen molar-refractivity contribution >= 4 is 51.5 Å². The highest BCUT2D eigenvalue weighted by molar-refractivity contribution is 8.23. The van der Waals surface area contributed by atoms with Crippen LogP contribution in [0.2, 0.25) is 5.02 Å². The summed E-state index contributed by atoms with van der Waals surface area (Å²) in [5.41, 5.74) is 0.129. The predicted molar refractivity (Wildman–Crippen MR) is 90.5 cm³/mol. The minimum absolute atomic E-state index is 0.129. The molecule has 0 radical (unpaired) electrons. The van der Waals surface area contributed by atoms with Crippen molar-refractivity contribution in [3.05, 3.63) is 29.0 Å². The van der Waals surface area contributed by atoms with E-state index in [2.05, 4.69) is 10.2 Å². The van der Waals surface area contributed by atoms with Crippen molar-refractivity contribution in [2.45, 2.75) is 25.0 Å². The minimum atomic E-state index is -0.546. The SMILES string of the molecule is C[C@H](SC(=S)N1CCCC1)C(=O)Nc1ccc(Cl)cc1F. The number of halogens is 2. The number of likely N-dealkylation sites (tertiary alicyclic amines) is 1. The third-order valence-electron chi connectivity index (χ3n) is 3.20. The largest absolute Gasteiger partial charge is 0.358 e. The second kappa shape index (κ2) is 7.42. The Labute approximate surface area is 138 Å². The molecule has 1 amide bonds. The molecule has 114 valence electrons. The Bertz CT molecular complexity index is 550. The number of thiocarbonyl (C=S) groups is 1. The highest BCUT2D eigenvalue weighted by Crippen LogP contribution is 2.23. The fraction of sp³-hybridized carbons (Fsp3) is 0.429. The number of rotatable bonds is 3. The van der Waals surface area contributed by atoms with Gasteiger partial charge in [0, 0.05) is 18.1 Å². The van der Waals surface area contributed by atoms with Crippen LogP contribution in [0.4, 0.5) is 10.1 Å². The van der Waals surface area contributed by atoms with Crippen molar-refractivity contribution in [1.82, 2.24) is 4.90 Å². The molecule has 1 saturated heterocycles. The van der Waals surface area contributed by atoms with Gasteiger partial charge in [0.15, 0.2) is 0 Å². The predicted octanol–water partition coefficient (Wildman–Crippen LogP) is 3.92. The van der Waals surface area contributed by atoms with Crippen molar-refractivity contribution in [3.8, 4) is 0 Å². The van der Waals surface area contributed by atoms with Crippen molar-refractivity contribution < 1.29 is 9.18 Å². The molecule has 3 nitrogen and oxygen atoms in total. The van der Waals surface area contributed by atoms with E-state index >= 15 is 0 Å². The van der Waals surface area contributed by atoms with E-state index in [9.17, 15) is 9.18 Å². The van der Waals surface area contributed by atoms with Gasteiger partial charge in [-0.15, -0.1) is 0 Å². The lowest BCUT2D eigenvalue weighted by atomic mass is 10.3. The molecule has 1 aromatic rings. The second-order valence-electron chi connectivity index (χ2n) is 4.83. The molecule has 1 aliphatic heterocycles. The zero-order valence-corrected chi connectivity index (χ0v) is 14.0. The Kier molecular flexibility index (Phi) is 5.84. The Morgan fingerprint density at radius 1 is 1.48 bits per heavy atom. The van der Waals surface area contributed by atoms with Crippen LogP contribution in [-0.2, 0) is 4.79 Å². The molecule has 7 heteroatoms. The first kappa shape index (κ1) is 16.5. The van der Waals surface area contributed by atoms with Gasteiger partial charge in [-0.3, -0.25) is 4.79 Å². The van der Waals surface area contributed by atoms with Gasteiger partial charge in [0.05, 0.1) is 10.9 Å². The number of hydrogen-bond acceptors (Lipinski definition) is 3. The number of benzene rings is 1. The number of thioether (sulfide) groups is 1. The summed E-state index contributed by atoms with van der Waals surface area (Å²) >= 11 is 12.3. The van der Waals surface area contributed by atoms with Crippen LogP contribution < -0.4 is 5.32 Å². The summed E-state index contributed by atoms with van der Waals surface area (Å²) in [4.78, 5) is 14.2.